The summed E-state index contributed by atoms with van der Waals surface area (Å²) in [6, 6.07) is 0. The zero-order chi connectivity index (χ0) is 67.8. The fourth-order valence-electron chi connectivity index (χ4n) is 4.81. The van der Waals surface area contributed by atoms with Crippen molar-refractivity contribution in [2.45, 2.75) is 132 Å². The molecule has 0 amide bonds. The lowest BCUT2D eigenvalue weighted by Crippen LogP contribution is -2.29. The van der Waals surface area contributed by atoms with Gasteiger partial charge < -0.3 is 96.2 Å². The molecule has 6 unspecified atom stereocenters. The Morgan fingerprint density at radius 1 is 0.330 bits per heavy atom. The van der Waals surface area contributed by atoms with Gasteiger partial charge in [-0.3, -0.25) is 4.79 Å². The highest BCUT2D eigenvalue weighted by molar-refractivity contribution is 5.88. The molecule has 0 fully saturated rings. The van der Waals surface area contributed by atoms with Gasteiger partial charge in [0.1, 0.15) is 59.5 Å². The van der Waals surface area contributed by atoms with Crippen LogP contribution in [0.25, 0.3) is 0 Å². The first kappa shape index (κ1) is 87.7. The minimum absolute atomic E-state index is 0.0497. The van der Waals surface area contributed by atoms with Crippen LogP contribution in [-0.2, 0) is 124 Å². The average molecular weight is 1270 g/mol. The van der Waals surface area contributed by atoms with E-state index >= 15 is 0 Å². The summed E-state index contributed by atoms with van der Waals surface area (Å²) in [5, 5.41) is 34.4. The smallest absolute Gasteiger partial charge is 0.344 e. The Kier molecular flexibility index (Phi) is 57.8. The van der Waals surface area contributed by atoms with Gasteiger partial charge in [0, 0.05) is 35.3 Å². The molecule has 0 aliphatic heterocycles. The number of aliphatic hydroxyl groups excluding tert-OH is 4. The van der Waals surface area contributed by atoms with Crippen LogP contribution in [0, 0.1) is 0 Å². The molecule has 30 heteroatoms. The van der Waals surface area contributed by atoms with Gasteiger partial charge in [-0.1, -0.05) is 32.7 Å². The van der Waals surface area contributed by atoms with E-state index in [0.29, 0.717) is 76.7 Å². The molecule has 0 rings (SSSR count). The first-order chi connectivity index (χ1) is 41.4. The maximum Gasteiger partial charge on any atom is 0.344 e. The number of esters is 10. The van der Waals surface area contributed by atoms with Crippen molar-refractivity contribution in [1.82, 2.24) is 0 Å². The van der Waals surface area contributed by atoms with E-state index in [0.717, 1.165) is 6.42 Å². The Hall–Kier alpha value is -6.74. The summed E-state index contributed by atoms with van der Waals surface area (Å²) in [6.07, 6.45) is 1.61. The third-order valence-corrected chi connectivity index (χ3v) is 9.38. The van der Waals surface area contributed by atoms with Gasteiger partial charge in [0.05, 0.1) is 82.9 Å². The van der Waals surface area contributed by atoms with E-state index < -0.39 is 92.9 Å². The van der Waals surface area contributed by atoms with E-state index in [1.54, 1.807) is 20.8 Å². The fraction of sp³-hybridized carbons (Fsp3) is 0.690. The zero-order valence-electron chi connectivity index (χ0n) is 52.7. The second-order valence-electron chi connectivity index (χ2n) is 18.8. The van der Waals surface area contributed by atoms with E-state index in [1.165, 1.54) is 13.8 Å². The number of unbranched alkanes of at least 4 members (excludes halogenated alkanes) is 2. The Morgan fingerprint density at radius 2 is 0.602 bits per heavy atom. The molecule has 0 bridgehead atoms. The lowest BCUT2D eigenvalue weighted by atomic mass is 10.2. The van der Waals surface area contributed by atoms with Crippen LogP contribution in [0.1, 0.15) is 94.9 Å². The fourth-order valence-corrected chi connectivity index (χ4v) is 4.81. The van der Waals surface area contributed by atoms with Gasteiger partial charge >= 0.3 is 59.7 Å². The van der Waals surface area contributed by atoms with Gasteiger partial charge in [0.15, 0.2) is 19.8 Å². The number of rotatable bonds is 46. The predicted octanol–water partition coefficient (Wildman–Crippen LogP) is 1.64. The van der Waals surface area contributed by atoms with Crippen LogP contribution in [0.4, 0.5) is 0 Å². The molecular weight excluding hydrogens is 1180 g/mol. The Morgan fingerprint density at radius 3 is 0.909 bits per heavy atom. The molecule has 0 saturated heterocycles. The quantitative estimate of drug-likeness (QED) is 0.0291. The normalized spacial score (nSPS) is 12.3. The standard InChI is InChI=1S/C24H46O9.C12H16O9.C12H20O5.C10H14O7/c1-17(2)24(26)28-10-9-27-12-19(4)30-14-21(6)32-16-23(8)33-15-22(7)31-13-20(5)29-11-18(3)25;1-8(2)12(17)19-4-3-18-10(15)6-21-11(16)7-20-9(14)5-13;1-10(2)12(15)17-9-8-16-11(14)6-4-3-5-7-13;1-7(2)10(14)16-4-3-15-9(13)6-17-8(12)5-11/h18-23,25H,1,9-16H2,2-8H3;13H,1,3-7H2,2H3;13H,1,3-9H2,2H3;11H,1,3-6H2,2H3. The van der Waals surface area contributed by atoms with Crippen LogP contribution in [0.5, 0.6) is 0 Å². The van der Waals surface area contributed by atoms with Crippen LogP contribution in [0.15, 0.2) is 48.6 Å². The largest absolute Gasteiger partial charge is 0.462 e. The summed E-state index contributed by atoms with van der Waals surface area (Å²) >= 11 is 0. The maximum atomic E-state index is 11.3. The van der Waals surface area contributed by atoms with E-state index in [4.69, 9.17) is 58.0 Å². The molecule has 30 nitrogen and oxygen atoms in total. The summed E-state index contributed by atoms with van der Waals surface area (Å²) in [4.78, 5) is 109. The first-order valence-corrected chi connectivity index (χ1v) is 27.8. The summed E-state index contributed by atoms with van der Waals surface area (Å²) < 4.78 is 79.9. The molecule has 0 saturated carbocycles. The van der Waals surface area contributed by atoms with Gasteiger partial charge in [-0.2, -0.15) is 0 Å². The van der Waals surface area contributed by atoms with Crippen LogP contribution < -0.4 is 0 Å². The van der Waals surface area contributed by atoms with E-state index in [9.17, 15) is 53.1 Å². The molecule has 88 heavy (non-hydrogen) atoms. The number of hydrogen-bond donors (Lipinski definition) is 4. The number of carbonyl (C=O) groups is 10. The Labute approximate surface area is 514 Å². The highest BCUT2D eigenvalue weighted by atomic mass is 16.6. The van der Waals surface area contributed by atoms with Crippen LogP contribution in [0.2, 0.25) is 0 Å². The van der Waals surface area contributed by atoms with Gasteiger partial charge in [-0.15, -0.1) is 0 Å². The SMILES string of the molecule is C=C(C)C(=O)OCCOC(=O)CCCCCO.C=C(C)C(=O)OCCOC(=O)COC(=O)CO.C=C(C)C(=O)OCCOC(=O)COC(=O)COC(=O)CO.C=C(C)C(=O)OCCOCC(C)OCC(C)OCC(C)OCC(C)OCC(C)OCC(C)O. The monoisotopic (exact) mass is 1270 g/mol. The third-order valence-electron chi connectivity index (χ3n) is 9.38. The Bertz CT molecular complexity index is 2050. The van der Waals surface area contributed by atoms with E-state index in [1.807, 2.05) is 34.6 Å². The van der Waals surface area contributed by atoms with Gasteiger partial charge in [0.25, 0.3) is 0 Å². The van der Waals surface area contributed by atoms with Gasteiger partial charge in [0.2, 0.25) is 0 Å². The molecule has 0 aliphatic carbocycles. The lowest BCUT2D eigenvalue weighted by Gasteiger charge is -2.22. The molecule has 0 aromatic carbocycles. The molecule has 4 N–H and O–H groups in total. The summed E-state index contributed by atoms with van der Waals surface area (Å²) in [5.41, 5.74) is 1.15. The molecule has 0 aromatic rings. The molecular formula is C58H96O30. The van der Waals surface area contributed by atoms with E-state index in [-0.39, 0.29) is 100 Å². The van der Waals surface area contributed by atoms with Crippen molar-refractivity contribution in [3.05, 3.63) is 48.6 Å². The van der Waals surface area contributed by atoms with E-state index in [2.05, 4.69) is 59.5 Å². The number of carbonyl (C=O) groups excluding carboxylic acids is 10. The minimum Gasteiger partial charge on any atom is -0.462 e. The summed E-state index contributed by atoms with van der Waals surface area (Å²) in [6.45, 7) is 30.1. The number of aliphatic hydroxyl groups is 4. The van der Waals surface area contributed by atoms with Crippen molar-refractivity contribution in [2.24, 2.45) is 0 Å². The van der Waals surface area contributed by atoms with Crippen LogP contribution >= 0.6 is 0 Å². The Balaban J connectivity index is -0.000000559. The second-order valence-corrected chi connectivity index (χ2v) is 18.8. The molecule has 508 valence electrons. The van der Waals surface area contributed by atoms with Gasteiger partial charge in [-0.25, -0.2) is 43.2 Å². The predicted molar refractivity (Wildman–Crippen MR) is 308 cm³/mol. The third kappa shape index (κ3) is 62.3. The lowest BCUT2D eigenvalue weighted by molar-refractivity contribution is -0.166. The first-order valence-electron chi connectivity index (χ1n) is 27.8. The second kappa shape index (κ2) is 58.0. The van der Waals surface area contributed by atoms with Crippen molar-refractivity contribution in [2.75, 3.05) is 132 Å². The van der Waals surface area contributed by atoms with Crippen molar-refractivity contribution in [1.29, 1.82) is 0 Å². The van der Waals surface area contributed by atoms with Crippen molar-refractivity contribution in [3.8, 4) is 0 Å². The van der Waals surface area contributed by atoms with Crippen molar-refractivity contribution < 1.29 is 144 Å². The van der Waals surface area contributed by atoms with Gasteiger partial charge in [-0.05, 0) is 82.1 Å². The highest BCUT2D eigenvalue weighted by Crippen LogP contribution is 2.05. The minimum atomic E-state index is -0.992. The van der Waals surface area contributed by atoms with Crippen LogP contribution in [0.3, 0.4) is 0 Å². The molecule has 0 radical (unpaired) electrons. The molecule has 0 aliphatic rings. The zero-order valence-corrected chi connectivity index (χ0v) is 52.7. The summed E-state index contributed by atoms with van der Waals surface area (Å²) in [5.74, 6) is -6.93. The molecule has 0 heterocycles. The number of ether oxygens (including phenoxy) is 16. The van der Waals surface area contributed by atoms with Crippen molar-refractivity contribution >= 4 is 59.7 Å². The molecule has 6 atom stereocenters. The van der Waals surface area contributed by atoms with Crippen molar-refractivity contribution in [3.63, 3.8) is 0 Å². The topological polar surface area (TPSA) is 399 Å². The summed E-state index contributed by atoms with van der Waals surface area (Å²) in [7, 11) is 0. The number of hydrogen-bond acceptors (Lipinski definition) is 30. The van der Waals surface area contributed by atoms with Crippen LogP contribution in [-0.4, -0.2) is 249 Å². The average Bonchev–Trinajstić information content (AvgIpc) is 3.51. The molecule has 0 spiro atoms. The molecule has 0 aromatic heterocycles. The maximum absolute atomic E-state index is 11.3. The highest BCUT2D eigenvalue weighted by Gasteiger charge is 2.16.